The molecule has 0 saturated heterocycles. The Balaban J connectivity index is 1.87. The molecule has 1 aliphatic rings. The van der Waals surface area contributed by atoms with Crippen LogP contribution < -0.4 is 4.90 Å². The van der Waals surface area contributed by atoms with Crippen LogP contribution in [0.15, 0.2) is 53.1 Å². The lowest BCUT2D eigenvalue weighted by Crippen LogP contribution is -2.31. The highest BCUT2D eigenvalue weighted by atomic mass is 35.5. The molecule has 4 rings (SSSR count). The summed E-state index contributed by atoms with van der Waals surface area (Å²) in [6.45, 7) is 1.62. The molecule has 1 atom stereocenters. The Labute approximate surface area is 190 Å². The summed E-state index contributed by atoms with van der Waals surface area (Å²) in [6, 6.07) is 9.03. The number of aryl methyl sites for hydroxylation is 1. The topological polar surface area (TPSA) is 96.8 Å². The first-order valence-electron chi connectivity index (χ1n) is 8.99. The monoisotopic (exact) mass is 474 g/mol. The number of aliphatic hydroxyl groups is 1. The number of ketones is 1. The second-order valence-corrected chi connectivity index (χ2v) is 8.96. The van der Waals surface area contributed by atoms with E-state index < -0.39 is 29.5 Å². The van der Waals surface area contributed by atoms with Crippen LogP contribution in [0.3, 0.4) is 0 Å². The van der Waals surface area contributed by atoms with Gasteiger partial charge in [0.1, 0.15) is 4.88 Å². The van der Waals surface area contributed by atoms with E-state index in [1.165, 1.54) is 23.3 Å². The van der Waals surface area contributed by atoms with Gasteiger partial charge in [0.15, 0.2) is 10.9 Å². The summed E-state index contributed by atoms with van der Waals surface area (Å²) in [5.74, 6) is -2.45. The predicted octanol–water partition coefficient (Wildman–Crippen LogP) is 4.74. The van der Waals surface area contributed by atoms with Gasteiger partial charge in [0.05, 0.1) is 29.3 Å². The van der Waals surface area contributed by atoms with Gasteiger partial charge in [-0.15, -0.1) is 11.3 Å². The molecule has 0 bridgehead atoms. The predicted molar refractivity (Wildman–Crippen MR) is 118 cm³/mol. The summed E-state index contributed by atoms with van der Waals surface area (Å²) >= 11 is 8.18. The third-order valence-electron chi connectivity index (χ3n) is 4.75. The molecule has 0 spiro atoms. The maximum Gasteiger partial charge on any atom is 0.350 e. The lowest BCUT2D eigenvalue weighted by Gasteiger charge is -2.24. The Hall–Kier alpha value is -3.01. The number of methoxy groups -OCH3 is 1. The highest BCUT2D eigenvalue weighted by Gasteiger charge is 2.46. The molecule has 0 fully saturated rings. The zero-order chi connectivity index (χ0) is 22.3. The van der Waals surface area contributed by atoms with Crippen LogP contribution in [0.5, 0.6) is 0 Å². The number of rotatable bonds is 5. The van der Waals surface area contributed by atoms with Crippen molar-refractivity contribution in [2.45, 2.75) is 13.0 Å². The number of halogens is 1. The zero-order valence-corrected chi connectivity index (χ0v) is 18.7. The Bertz CT molecular complexity index is 1220. The Kier molecular flexibility index (Phi) is 5.65. The third kappa shape index (κ3) is 3.65. The van der Waals surface area contributed by atoms with Crippen molar-refractivity contribution in [3.63, 3.8) is 0 Å². The Morgan fingerprint density at radius 2 is 1.94 bits per heavy atom. The van der Waals surface area contributed by atoms with Crippen molar-refractivity contribution < 1.29 is 24.2 Å². The number of amides is 1. The second-order valence-electron chi connectivity index (χ2n) is 6.60. The minimum atomic E-state index is -0.935. The van der Waals surface area contributed by atoms with Crippen LogP contribution in [0.1, 0.15) is 36.6 Å². The van der Waals surface area contributed by atoms with Crippen LogP contribution in [0.2, 0.25) is 5.02 Å². The molecule has 1 N–H and O–H groups in total. The van der Waals surface area contributed by atoms with Gasteiger partial charge in [0.25, 0.3) is 5.91 Å². The first-order valence-corrected chi connectivity index (χ1v) is 11.1. The summed E-state index contributed by atoms with van der Waals surface area (Å²) in [4.78, 5) is 44.5. The molecular formula is C21H15ClN2O5S2. The molecule has 31 heavy (non-hydrogen) atoms. The summed E-state index contributed by atoms with van der Waals surface area (Å²) < 4.78 is 4.77. The number of carbonyl (C=O) groups excluding carboxylic acids is 3. The molecule has 1 aliphatic heterocycles. The Morgan fingerprint density at radius 3 is 2.55 bits per heavy atom. The van der Waals surface area contributed by atoms with Crippen molar-refractivity contribution in [3.05, 3.63) is 79.1 Å². The van der Waals surface area contributed by atoms with Crippen molar-refractivity contribution in [1.82, 2.24) is 4.98 Å². The van der Waals surface area contributed by atoms with E-state index in [0.717, 1.165) is 11.3 Å². The fourth-order valence-corrected chi connectivity index (χ4v) is 5.12. The van der Waals surface area contributed by atoms with E-state index in [0.29, 0.717) is 21.2 Å². The van der Waals surface area contributed by atoms with Crippen LogP contribution >= 0.6 is 34.3 Å². The molecule has 2 aromatic heterocycles. The molecular weight excluding hydrogens is 460 g/mol. The molecule has 1 aromatic carbocycles. The first-order chi connectivity index (χ1) is 14.8. The lowest BCUT2D eigenvalue weighted by molar-refractivity contribution is -0.117. The number of ether oxygens (including phenoxy) is 1. The third-order valence-corrected chi connectivity index (χ3v) is 7.00. The number of Topliss-reactive ketones (excluding diaryl/α,β-unsaturated/α-hetero) is 1. The number of carbonyl (C=O) groups is 3. The first kappa shape index (κ1) is 21.2. The van der Waals surface area contributed by atoms with Crippen LogP contribution in [0.4, 0.5) is 5.13 Å². The molecule has 10 heteroatoms. The number of nitrogens with zero attached hydrogens (tertiary/aromatic N) is 2. The van der Waals surface area contributed by atoms with Crippen LogP contribution in [-0.2, 0) is 9.53 Å². The number of thiazole rings is 1. The maximum absolute atomic E-state index is 13.2. The zero-order valence-electron chi connectivity index (χ0n) is 16.3. The number of thiophene rings is 1. The van der Waals surface area contributed by atoms with Gasteiger partial charge in [0, 0.05) is 5.02 Å². The van der Waals surface area contributed by atoms with Gasteiger partial charge in [0.2, 0.25) is 5.78 Å². The number of benzene rings is 1. The van der Waals surface area contributed by atoms with E-state index in [2.05, 4.69) is 4.98 Å². The number of aromatic nitrogens is 1. The van der Waals surface area contributed by atoms with E-state index in [1.54, 1.807) is 48.7 Å². The molecule has 7 nitrogen and oxygen atoms in total. The van der Waals surface area contributed by atoms with E-state index in [-0.39, 0.29) is 15.6 Å². The molecule has 0 aliphatic carbocycles. The minimum absolute atomic E-state index is 0.0535. The molecule has 0 unspecified atom stereocenters. The fourth-order valence-electron chi connectivity index (χ4n) is 3.30. The number of aliphatic hydroxyl groups excluding tert-OH is 1. The minimum Gasteiger partial charge on any atom is -0.503 e. The molecule has 3 heterocycles. The molecule has 0 saturated carbocycles. The molecule has 1 amide bonds. The van der Waals surface area contributed by atoms with Gasteiger partial charge >= 0.3 is 5.97 Å². The SMILES string of the molecule is COC(=O)c1sc(N2C(=O)C(O)=C(C(=O)c3cccs3)[C@H]2c2ccc(Cl)cc2)nc1C. The number of esters is 1. The lowest BCUT2D eigenvalue weighted by atomic mass is 9.95. The highest BCUT2D eigenvalue weighted by molar-refractivity contribution is 7.17. The van der Waals surface area contributed by atoms with Gasteiger partial charge in [-0.2, -0.15) is 0 Å². The van der Waals surface area contributed by atoms with Crippen molar-refractivity contribution in [3.8, 4) is 0 Å². The normalized spacial score (nSPS) is 16.2. The highest BCUT2D eigenvalue weighted by Crippen LogP contribution is 2.44. The quantitative estimate of drug-likeness (QED) is 0.424. The summed E-state index contributed by atoms with van der Waals surface area (Å²) in [6.07, 6.45) is 0. The van der Waals surface area contributed by atoms with Gasteiger partial charge in [-0.1, -0.05) is 41.1 Å². The number of hydrogen-bond donors (Lipinski definition) is 1. The number of anilines is 1. The number of hydrogen-bond acceptors (Lipinski definition) is 8. The largest absolute Gasteiger partial charge is 0.503 e. The van der Waals surface area contributed by atoms with Crippen LogP contribution in [-0.4, -0.2) is 34.9 Å². The molecule has 158 valence electrons. The van der Waals surface area contributed by atoms with Crippen molar-refractivity contribution in [1.29, 1.82) is 0 Å². The van der Waals surface area contributed by atoms with Crippen LogP contribution in [0.25, 0.3) is 0 Å². The standard InChI is InChI=1S/C21H15ClN2O5S2/c1-10-18(20(28)29-2)31-21(23-10)24-15(11-5-7-12(22)8-6-11)14(17(26)19(24)27)16(25)13-4-3-9-30-13/h3-9,15,26H,1-2H3/t15-/m1/s1. The maximum atomic E-state index is 13.2. The average molecular weight is 475 g/mol. The van der Waals surface area contributed by atoms with Gasteiger partial charge in [-0.3, -0.25) is 14.5 Å². The van der Waals surface area contributed by atoms with E-state index in [9.17, 15) is 19.5 Å². The van der Waals surface area contributed by atoms with E-state index >= 15 is 0 Å². The second kappa shape index (κ2) is 8.26. The van der Waals surface area contributed by atoms with E-state index in [1.807, 2.05) is 0 Å². The Morgan fingerprint density at radius 1 is 1.23 bits per heavy atom. The van der Waals surface area contributed by atoms with Crippen molar-refractivity contribution >= 4 is 57.1 Å². The fraction of sp³-hybridized carbons (Fsp3) is 0.143. The van der Waals surface area contributed by atoms with Crippen molar-refractivity contribution in [2.75, 3.05) is 12.0 Å². The smallest absolute Gasteiger partial charge is 0.350 e. The van der Waals surface area contributed by atoms with Gasteiger partial charge in [-0.05, 0) is 36.1 Å². The molecule has 3 aromatic rings. The molecule has 0 radical (unpaired) electrons. The summed E-state index contributed by atoms with van der Waals surface area (Å²) in [7, 11) is 1.25. The van der Waals surface area contributed by atoms with Crippen LogP contribution in [0, 0.1) is 6.92 Å². The van der Waals surface area contributed by atoms with Crippen molar-refractivity contribution in [2.24, 2.45) is 0 Å². The van der Waals surface area contributed by atoms with Gasteiger partial charge in [-0.25, -0.2) is 9.78 Å². The van der Waals surface area contributed by atoms with Gasteiger partial charge < -0.3 is 9.84 Å². The summed E-state index contributed by atoms with van der Waals surface area (Å²) in [5.41, 5.74) is 0.892. The average Bonchev–Trinajstić information content (AvgIpc) is 3.47. The van der Waals surface area contributed by atoms with E-state index in [4.69, 9.17) is 16.3 Å². The summed E-state index contributed by atoms with van der Waals surface area (Å²) in [5, 5.41) is 13.1.